The van der Waals surface area contributed by atoms with Gasteiger partial charge in [-0.3, -0.25) is 9.38 Å². The smallest absolute Gasteiger partial charge is 0.223 e. The molecular formula is C22H25N9. The lowest BCUT2D eigenvalue weighted by atomic mass is 9.92. The summed E-state index contributed by atoms with van der Waals surface area (Å²) in [5, 5.41) is 6.76. The molecule has 4 N–H and O–H groups in total. The van der Waals surface area contributed by atoms with Crippen molar-refractivity contribution in [3.05, 3.63) is 54.9 Å². The molecule has 4 aromatic rings. The fraction of sp³-hybridized carbons (Fsp3) is 0.318. The zero-order valence-electron chi connectivity index (χ0n) is 17.4. The third-order valence-electron chi connectivity index (χ3n) is 5.66. The first-order valence-electron chi connectivity index (χ1n) is 10.5. The lowest BCUT2D eigenvalue weighted by Crippen LogP contribution is -2.33. The van der Waals surface area contributed by atoms with Gasteiger partial charge in [-0.15, -0.1) is 0 Å². The van der Waals surface area contributed by atoms with Gasteiger partial charge in [0.25, 0.3) is 0 Å². The molecule has 0 amide bonds. The number of nitrogens with zero attached hydrogens (tertiary/aromatic N) is 6. The highest BCUT2D eigenvalue weighted by molar-refractivity contribution is 5.66. The molecule has 31 heavy (non-hydrogen) atoms. The van der Waals surface area contributed by atoms with Gasteiger partial charge >= 0.3 is 0 Å². The molecule has 9 heteroatoms. The van der Waals surface area contributed by atoms with Gasteiger partial charge in [0.05, 0.1) is 29.5 Å². The molecule has 0 spiro atoms. The summed E-state index contributed by atoms with van der Waals surface area (Å²) in [6.45, 7) is 2.01. The van der Waals surface area contributed by atoms with E-state index in [2.05, 4.69) is 30.6 Å². The van der Waals surface area contributed by atoms with Gasteiger partial charge in [-0.2, -0.15) is 0 Å². The number of anilines is 3. The van der Waals surface area contributed by atoms with Crippen LogP contribution in [0.5, 0.6) is 0 Å². The summed E-state index contributed by atoms with van der Waals surface area (Å²) in [5.74, 6) is 1.32. The quantitative estimate of drug-likeness (QED) is 0.454. The SMILES string of the molecule is Cc1cnc(NC2CCC(N)CC2)nc1-c1cnc2ccc(Nc3cnccn3)cn12. The Bertz CT molecular complexity index is 1180. The number of pyridine rings is 1. The predicted molar refractivity (Wildman–Crippen MR) is 120 cm³/mol. The Labute approximate surface area is 180 Å². The summed E-state index contributed by atoms with van der Waals surface area (Å²) in [6.07, 6.45) is 14.8. The van der Waals surface area contributed by atoms with Gasteiger partial charge in [0.15, 0.2) is 0 Å². The Kier molecular flexibility index (Phi) is 5.17. The monoisotopic (exact) mass is 415 g/mol. The summed E-state index contributed by atoms with van der Waals surface area (Å²) in [6, 6.07) is 4.60. The fourth-order valence-electron chi connectivity index (χ4n) is 3.96. The van der Waals surface area contributed by atoms with E-state index >= 15 is 0 Å². The van der Waals surface area contributed by atoms with Crippen LogP contribution >= 0.6 is 0 Å². The van der Waals surface area contributed by atoms with Gasteiger partial charge in [-0.05, 0) is 50.3 Å². The van der Waals surface area contributed by atoms with Crippen molar-refractivity contribution >= 4 is 23.1 Å². The molecule has 158 valence electrons. The highest BCUT2D eigenvalue weighted by atomic mass is 15.1. The minimum absolute atomic E-state index is 0.315. The molecule has 0 aliphatic heterocycles. The van der Waals surface area contributed by atoms with E-state index < -0.39 is 0 Å². The lowest BCUT2D eigenvalue weighted by molar-refractivity contribution is 0.410. The number of nitrogens with two attached hydrogens (primary N) is 1. The van der Waals surface area contributed by atoms with Crippen molar-refractivity contribution < 1.29 is 0 Å². The topological polar surface area (TPSA) is 119 Å². The number of hydrogen-bond donors (Lipinski definition) is 3. The van der Waals surface area contributed by atoms with E-state index in [1.807, 2.05) is 42.0 Å². The zero-order chi connectivity index (χ0) is 21.2. The second-order valence-corrected chi connectivity index (χ2v) is 7.99. The third kappa shape index (κ3) is 4.17. The Balaban J connectivity index is 1.45. The fourth-order valence-corrected chi connectivity index (χ4v) is 3.96. The van der Waals surface area contributed by atoms with E-state index in [9.17, 15) is 0 Å². The minimum atomic E-state index is 0.315. The second kappa shape index (κ2) is 8.27. The van der Waals surface area contributed by atoms with Crippen LogP contribution in [0.1, 0.15) is 31.2 Å². The van der Waals surface area contributed by atoms with Crippen LogP contribution in [0.3, 0.4) is 0 Å². The summed E-state index contributed by atoms with van der Waals surface area (Å²) >= 11 is 0. The van der Waals surface area contributed by atoms with Crippen molar-refractivity contribution in [1.29, 1.82) is 0 Å². The van der Waals surface area contributed by atoms with E-state index in [0.717, 1.165) is 54.0 Å². The first kappa shape index (κ1) is 19.4. The van der Waals surface area contributed by atoms with Crippen LogP contribution in [0.15, 0.2) is 49.3 Å². The molecule has 4 heterocycles. The van der Waals surface area contributed by atoms with Crippen LogP contribution in [-0.4, -0.2) is 41.4 Å². The standard InChI is InChI=1S/C22H25N9/c1-14-10-27-22(29-16-4-2-15(23)3-5-16)30-21(14)18-11-26-20-7-6-17(13-31(18)20)28-19-12-24-8-9-25-19/h6-13,15-16H,2-5,23H2,1H3,(H,25,28)(H,27,29,30). The van der Waals surface area contributed by atoms with E-state index in [1.54, 1.807) is 18.6 Å². The van der Waals surface area contributed by atoms with Gasteiger partial charge < -0.3 is 16.4 Å². The maximum Gasteiger partial charge on any atom is 0.223 e. The molecule has 0 saturated heterocycles. The van der Waals surface area contributed by atoms with Crippen LogP contribution in [0, 0.1) is 6.92 Å². The van der Waals surface area contributed by atoms with Crippen LogP contribution < -0.4 is 16.4 Å². The Morgan fingerprint density at radius 3 is 2.68 bits per heavy atom. The molecule has 5 rings (SSSR count). The van der Waals surface area contributed by atoms with E-state index in [0.29, 0.717) is 23.8 Å². The molecule has 0 atom stereocenters. The van der Waals surface area contributed by atoms with E-state index in [4.69, 9.17) is 10.7 Å². The minimum Gasteiger partial charge on any atom is -0.351 e. The van der Waals surface area contributed by atoms with Crippen LogP contribution in [0.4, 0.5) is 17.5 Å². The van der Waals surface area contributed by atoms with Crippen molar-refractivity contribution in [3.63, 3.8) is 0 Å². The largest absolute Gasteiger partial charge is 0.351 e. The molecule has 0 aromatic carbocycles. The summed E-state index contributed by atoms with van der Waals surface area (Å²) in [5.41, 5.74) is 10.5. The van der Waals surface area contributed by atoms with E-state index in [1.165, 1.54) is 0 Å². The van der Waals surface area contributed by atoms with Gasteiger partial charge in [-0.1, -0.05) is 0 Å². The summed E-state index contributed by atoms with van der Waals surface area (Å²) < 4.78 is 2.03. The Hall–Kier alpha value is -3.59. The van der Waals surface area contributed by atoms with Crippen molar-refractivity contribution in [3.8, 4) is 11.4 Å². The molecule has 0 bridgehead atoms. The molecule has 1 saturated carbocycles. The normalized spacial score (nSPS) is 18.8. The molecule has 0 unspecified atom stereocenters. The third-order valence-corrected chi connectivity index (χ3v) is 5.66. The molecular weight excluding hydrogens is 390 g/mol. The Morgan fingerprint density at radius 2 is 1.87 bits per heavy atom. The number of aryl methyl sites for hydroxylation is 1. The molecule has 1 aliphatic carbocycles. The second-order valence-electron chi connectivity index (χ2n) is 7.99. The predicted octanol–water partition coefficient (Wildman–Crippen LogP) is 3.32. The van der Waals surface area contributed by atoms with Gasteiger partial charge in [0, 0.05) is 36.9 Å². The van der Waals surface area contributed by atoms with Crippen molar-refractivity contribution in [2.75, 3.05) is 10.6 Å². The molecule has 9 nitrogen and oxygen atoms in total. The number of rotatable bonds is 5. The van der Waals surface area contributed by atoms with Gasteiger partial charge in [-0.25, -0.2) is 19.9 Å². The first-order chi connectivity index (χ1) is 15.2. The zero-order valence-corrected chi connectivity index (χ0v) is 17.4. The molecule has 0 radical (unpaired) electrons. The van der Waals surface area contributed by atoms with Crippen LogP contribution in [-0.2, 0) is 0 Å². The van der Waals surface area contributed by atoms with Crippen molar-refractivity contribution in [2.24, 2.45) is 5.73 Å². The number of hydrogen-bond acceptors (Lipinski definition) is 8. The number of aromatic nitrogens is 6. The maximum atomic E-state index is 6.03. The highest BCUT2D eigenvalue weighted by Gasteiger charge is 2.20. The number of nitrogens with one attached hydrogen (secondary N) is 2. The Morgan fingerprint density at radius 1 is 1.00 bits per heavy atom. The van der Waals surface area contributed by atoms with Crippen molar-refractivity contribution in [2.45, 2.75) is 44.7 Å². The van der Waals surface area contributed by atoms with Crippen LogP contribution in [0.2, 0.25) is 0 Å². The number of fused-ring (bicyclic) bond motifs is 1. The van der Waals surface area contributed by atoms with Crippen molar-refractivity contribution in [1.82, 2.24) is 29.3 Å². The molecule has 1 fully saturated rings. The molecule has 1 aliphatic rings. The molecule has 4 aromatic heterocycles. The summed E-state index contributed by atoms with van der Waals surface area (Å²) in [7, 11) is 0. The highest BCUT2D eigenvalue weighted by Crippen LogP contribution is 2.26. The van der Waals surface area contributed by atoms with Gasteiger partial charge in [0.2, 0.25) is 5.95 Å². The summed E-state index contributed by atoms with van der Waals surface area (Å²) in [4.78, 5) is 22.3. The average molecular weight is 416 g/mol. The van der Waals surface area contributed by atoms with Gasteiger partial charge in [0.1, 0.15) is 11.5 Å². The maximum absolute atomic E-state index is 6.03. The first-order valence-corrected chi connectivity index (χ1v) is 10.5. The van der Waals surface area contributed by atoms with E-state index in [-0.39, 0.29) is 0 Å². The average Bonchev–Trinajstić information content (AvgIpc) is 3.20. The van der Waals surface area contributed by atoms with Crippen LogP contribution in [0.25, 0.3) is 17.0 Å². The number of imidazole rings is 1. The lowest BCUT2D eigenvalue weighted by Gasteiger charge is -2.26.